The number of nitrogens with one attached hydrogen (secondary N) is 3. The summed E-state index contributed by atoms with van der Waals surface area (Å²) >= 11 is 32.9. The van der Waals surface area contributed by atoms with Gasteiger partial charge in [0.15, 0.2) is 14.5 Å². The number of hydrogen-bond donors (Lipinski definition) is 3. The molecule has 0 fully saturated rings. The Morgan fingerprint density at radius 3 is 1.08 bits per heavy atom. The minimum atomic E-state index is -1.15. The fourth-order valence-electron chi connectivity index (χ4n) is 1.91. The predicted octanol–water partition coefficient (Wildman–Crippen LogP) is 1.19. The lowest BCUT2D eigenvalue weighted by Gasteiger charge is -2.35. The lowest BCUT2D eigenvalue weighted by atomic mass is 10.3. The van der Waals surface area contributed by atoms with Gasteiger partial charge >= 0.3 is 0 Å². The van der Waals surface area contributed by atoms with Crippen LogP contribution in [0.4, 0.5) is 0 Å². The number of nitrogens with zero attached hydrogens (tertiary/aromatic N) is 1. The van der Waals surface area contributed by atoms with Crippen LogP contribution in [0.25, 0.3) is 0 Å². The van der Waals surface area contributed by atoms with Crippen molar-refractivity contribution in [1.29, 1.82) is 0 Å². The average Bonchev–Trinajstić information content (AvgIpc) is 2.54. The molecule has 0 saturated heterocycles. The molecular weight excluding hydrogens is 473 g/mol. The third-order valence-electron chi connectivity index (χ3n) is 3.45. The SMILES string of the molecule is C[N+](CCNC(=O)C(Cl)Cl)(CCNC(=O)C(Cl)Cl)CCNC(=O)C(Cl)Cl. The predicted molar refractivity (Wildman–Crippen MR) is 106 cm³/mol. The van der Waals surface area contributed by atoms with Crippen molar-refractivity contribution in [1.82, 2.24) is 16.0 Å². The molecule has 0 aromatic carbocycles. The van der Waals surface area contributed by atoms with Crippen molar-refractivity contribution in [3.05, 3.63) is 0 Å². The van der Waals surface area contributed by atoms with E-state index in [1.807, 2.05) is 7.05 Å². The number of hydrogen-bond acceptors (Lipinski definition) is 3. The number of rotatable bonds is 12. The van der Waals surface area contributed by atoms with Gasteiger partial charge in [-0.05, 0) is 0 Å². The lowest BCUT2D eigenvalue weighted by molar-refractivity contribution is -0.906. The summed E-state index contributed by atoms with van der Waals surface area (Å²) in [5.74, 6) is -1.50. The lowest BCUT2D eigenvalue weighted by Crippen LogP contribution is -2.55. The topological polar surface area (TPSA) is 87.3 Å². The van der Waals surface area contributed by atoms with Crippen LogP contribution in [-0.4, -0.2) is 83.0 Å². The molecule has 7 nitrogen and oxygen atoms in total. The second-order valence-electron chi connectivity index (χ2n) is 5.57. The Bertz CT molecular complexity index is 414. The maximum atomic E-state index is 11.4. The Hall–Kier alpha value is 0.110. The first-order valence-electron chi connectivity index (χ1n) is 7.49. The summed E-state index contributed by atoms with van der Waals surface area (Å²) in [6, 6.07) is 0. The summed E-state index contributed by atoms with van der Waals surface area (Å²) in [6.45, 7) is 2.38. The van der Waals surface area contributed by atoms with Crippen LogP contribution in [0, 0.1) is 0 Å². The summed E-state index contributed by atoms with van der Waals surface area (Å²) in [6.07, 6.45) is 0. The average molecular weight is 494 g/mol. The van der Waals surface area contributed by atoms with Crippen LogP contribution < -0.4 is 16.0 Å². The summed E-state index contributed by atoms with van der Waals surface area (Å²) in [7, 11) is 1.89. The molecule has 0 spiro atoms. The fraction of sp³-hybridized carbons (Fsp3) is 0.769. The van der Waals surface area contributed by atoms with E-state index in [9.17, 15) is 14.4 Å². The van der Waals surface area contributed by atoms with Gasteiger partial charge in [-0.2, -0.15) is 0 Å². The number of carbonyl (C=O) groups excluding carboxylic acids is 3. The van der Waals surface area contributed by atoms with Crippen molar-refractivity contribution in [3.63, 3.8) is 0 Å². The molecule has 0 rings (SSSR count). The second-order valence-corrected chi connectivity index (χ2v) is 8.85. The first-order chi connectivity index (χ1) is 12.0. The van der Waals surface area contributed by atoms with Crippen molar-refractivity contribution in [2.24, 2.45) is 0 Å². The molecule has 152 valence electrons. The highest BCUT2D eigenvalue weighted by Gasteiger charge is 2.24. The summed E-state index contributed by atoms with van der Waals surface area (Å²) in [5, 5.41) is 7.79. The van der Waals surface area contributed by atoms with E-state index in [1.54, 1.807) is 0 Å². The second kappa shape index (κ2) is 13.3. The first-order valence-corrected chi connectivity index (χ1v) is 10.1. The summed E-state index contributed by atoms with van der Waals surface area (Å²) < 4.78 is 0.403. The highest BCUT2D eigenvalue weighted by Crippen LogP contribution is 2.05. The highest BCUT2D eigenvalue weighted by molar-refractivity contribution is 6.54. The molecule has 0 heterocycles. The van der Waals surface area contributed by atoms with Crippen LogP contribution in [0.15, 0.2) is 0 Å². The highest BCUT2D eigenvalue weighted by atomic mass is 35.5. The standard InChI is InChI=1S/C13H20Cl6N4O3/c1-23(5-2-20-11(24)8(14)15,6-3-21-12(25)9(16)17)7-4-22-13(26)10(18)19/h8-10H,2-7H2,1H3,(H2-,20,21,22,24,25,26)/p+1. The molecule has 26 heavy (non-hydrogen) atoms. The number of carbonyl (C=O) groups is 3. The van der Waals surface area contributed by atoms with Crippen molar-refractivity contribution in [2.75, 3.05) is 46.3 Å². The molecule has 13 heteroatoms. The molecule has 0 aliphatic carbocycles. The number of alkyl halides is 6. The Balaban J connectivity index is 4.60. The molecule has 0 unspecified atom stereocenters. The van der Waals surface area contributed by atoms with E-state index in [1.165, 1.54) is 0 Å². The quantitative estimate of drug-likeness (QED) is 0.282. The van der Waals surface area contributed by atoms with Crippen molar-refractivity contribution < 1.29 is 18.9 Å². The molecule has 0 radical (unpaired) electrons. The van der Waals surface area contributed by atoms with Crippen LogP contribution in [0.5, 0.6) is 0 Å². The monoisotopic (exact) mass is 491 g/mol. The normalized spacial score (nSPS) is 11.8. The molecule has 0 atom stereocenters. The van der Waals surface area contributed by atoms with Gasteiger partial charge in [-0.3, -0.25) is 14.4 Å². The maximum Gasteiger partial charge on any atom is 0.253 e. The number of likely N-dealkylation sites (N-methyl/N-ethyl adjacent to an activating group) is 1. The number of halogens is 6. The van der Waals surface area contributed by atoms with E-state index in [4.69, 9.17) is 69.6 Å². The van der Waals surface area contributed by atoms with Gasteiger partial charge in [0, 0.05) is 0 Å². The van der Waals surface area contributed by atoms with Crippen LogP contribution in [-0.2, 0) is 14.4 Å². The zero-order valence-electron chi connectivity index (χ0n) is 13.9. The summed E-state index contributed by atoms with van der Waals surface area (Å²) in [4.78, 5) is 30.8. The van der Waals surface area contributed by atoms with Gasteiger partial charge in [-0.15, -0.1) is 0 Å². The van der Waals surface area contributed by atoms with Gasteiger partial charge in [0.05, 0.1) is 46.3 Å². The van der Waals surface area contributed by atoms with Gasteiger partial charge in [0.2, 0.25) is 0 Å². The van der Waals surface area contributed by atoms with E-state index in [0.717, 1.165) is 0 Å². The van der Waals surface area contributed by atoms with Crippen molar-refractivity contribution in [3.8, 4) is 0 Å². The van der Waals surface area contributed by atoms with Crippen LogP contribution in [0.2, 0.25) is 0 Å². The number of amides is 3. The number of quaternary nitrogens is 1. The molecule has 3 N–H and O–H groups in total. The first kappa shape index (κ1) is 26.1. The van der Waals surface area contributed by atoms with Gasteiger partial charge < -0.3 is 20.4 Å². The zero-order valence-corrected chi connectivity index (χ0v) is 18.5. The van der Waals surface area contributed by atoms with Crippen molar-refractivity contribution in [2.45, 2.75) is 14.5 Å². The Morgan fingerprint density at radius 1 is 0.654 bits per heavy atom. The molecule has 0 aliphatic heterocycles. The van der Waals surface area contributed by atoms with E-state index in [0.29, 0.717) is 43.8 Å². The maximum absolute atomic E-state index is 11.4. The molecule has 0 aliphatic rings. The van der Waals surface area contributed by atoms with E-state index in [2.05, 4.69) is 16.0 Å². The van der Waals surface area contributed by atoms with Crippen molar-refractivity contribution >= 4 is 87.3 Å². The zero-order chi connectivity index (χ0) is 20.3. The summed E-state index contributed by atoms with van der Waals surface area (Å²) in [5.41, 5.74) is 0. The van der Waals surface area contributed by atoms with Gasteiger partial charge in [-0.1, -0.05) is 69.6 Å². The molecular formula is C13H21Cl6N4O3+. The molecule has 3 amide bonds. The Kier molecular flexibility index (Phi) is 13.4. The third-order valence-corrected chi connectivity index (χ3v) is 4.64. The van der Waals surface area contributed by atoms with E-state index < -0.39 is 32.2 Å². The fourth-order valence-corrected chi connectivity index (χ4v) is 2.38. The molecule has 0 aromatic rings. The molecule has 0 saturated carbocycles. The van der Waals surface area contributed by atoms with Crippen LogP contribution in [0.3, 0.4) is 0 Å². The van der Waals surface area contributed by atoms with Crippen LogP contribution >= 0.6 is 69.6 Å². The molecule has 0 aromatic heterocycles. The van der Waals surface area contributed by atoms with E-state index in [-0.39, 0.29) is 0 Å². The molecule has 0 bridgehead atoms. The Morgan fingerprint density at radius 2 is 0.885 bits per heavy atom. The van der Waals surface area contributed by atoms with Gasteiger partial charge in [-0.25, -0.2) is 0 Å². The van der Waals surface area contributed by atoms with Crippen LogP contribution in [0.1, 0.15) is 0 Å². The minimum Gasteiger partial charge on any atom is -0.348 e. The largest absolute Gasteiger partial charge is 0.348 e. The van der Waals surface area contributed by atoms with Gasteiger partial charge in [0.1, 0.15) is 0 Å². The van der Waals surface area contributed by atoms with Gasteiger partial charge in [0.25, 0.3) is 17.7 Å². The van der Waals surface area contributed by atoms with E-state index >= 15 is 0 Å². The smallest absolute Gasteiger partial charge is 0.253 e. The Labute approximate surface area is 182 Å². The minimum absolute atomic E-state index is 0.300. The third kappa shape index (κ3) is 11.7.